The highest BCUT2D eigenvalue weighted by atomic mass is 32.1. The number of benzene rings is 2. The number of ether oxygens (including phenoxy) is 3. The van der Waals surface area contributed by atoms with Crippen LogP contribution in [-0.2, 0) is 4.79 Å². The number of rotatable bonds is 6. The zero-order chi connectivity index (χ0) is 21.1. The van der Waals surface area contributed by atoms with Crippen molar-refractivity contribution in [2.24, 2.45) is 5.92 Å². The smallest absolute Gasteiger partial charge is 0.229 e. The Labute approximate surface area is 179 Å². The van der Waals surface area contributed by atoms with E-state index < -0.39 is 0 Å². The van der Waals surface area contributed by atoms with Gasteiger partial charge in [0.25, 0.3) is 0 Å². The standard InChI is InChI=1S/C22H25N3O4S/c1-27-15-7-9-19(29-3)18(11-15)23-21(26)14-5-4-10-25(13-14)22-24-17-8-6-16(28-2)12-20(17)30-22/h6-9,11-12,14H,4-5,10,13H2,1-3H3,(H,23,26). The summed E-state index contributed by atoms with van der Waals surface area (Å²) < 4.78 is 17.0. The average molecular weight is 428 g/mol. The summed E-state index contributed by atoms with van der Waals surface area (Å²) in [6.45, 7) is 1.53. The topological polar surface area (TPSA) is 72.9 Å². The first-order chi connectivity index (χ1) is 14.6. The number of carbonyl (C=O) groups excluding carboxylic acids is 1. The van der Waals surface area contributed by atoms with E-state index in [0.29, 0.717) is 23.7 Å². The van der Waals surface area contributed by atoms with E-state index >= 15 is 0 Å². The van der Waals surface area contributed by atoms with Crippen LogP contribution in [0.4, 0.5) is 10.8 Å². The second-order valence-corrected chi connectivity index (χ2v) is 8.18. The molecule has 0 radical (unpaired) electrons. The van der Waals surface area contributed by atoms with Crippen molar-refractivity contribution in [3.8, 4) is 17.2 Å². The van der Waals surface area contributed by atoms with E-state index in [9.17, 15) is 4.79 Å². The lowest BCUT2D eigenvalue weighted by atomic mass is 9.97. The maximum Gasteiger partial charge on any atom is 0.229 e. The lowest BCUT2D eigenvalue weighted by molar-refractivity contribution is -0.120. The maximum absolute atomic E-state index is 13.0. The minimum absolute atomic E-state index is 0.0194. The number of aromatic nitrogens is 1. The van der Waals surface area contributed by atoms with Crippen molar-refractivity contribution >= 4 is 38.3 Å². The lowest BCUT2D eigenvalue weighted by Crippen LogP contribution is -2.40. The van der Waals surface area contributed by atoms with Gasteiger partial charge >= 0.3 is 0 Å². The first-order valence-corrected chi connectivity index (χ1v) is 10.7. The van der Waals surface area contributed by atoms with E-state index in [4.69, 9.17) is 19.2 Å². The van der Waals surface area contributed by atoms with Gasteiger partial charge in [-0.1, -0.05) is 11.3 Å². The fraction of sp³-hybridized carbons (Fsp3) is 0.364. The second kappa shape index (κ2) is 8.79. The Morgan fingerprint density at radius 3 is 2.63 bits per heavy atom. The van der Waals surface area contributed by atoms with Gasteiger partial charge < -0.3 is 24.4 Å². The zero-order valence-electron chi connectivity index (χ0n) is 17.3. The highest BCUT2D eigenvalue weighted by molar-refractivity contribution is 7.22. The highest BCUT2D eigenvalue weighted by Crippen LogP contribution is 2.34. The zero-order valence-corrected chi connectivity index (χ0v) is 18.1. The molecule has 0 bridgehead atoms. The van der Waals surface area contributed by atoms with Crippen molar-refractivity contribution < 1.29 is 19.0 Å². The largest absolute Gasteiger partial charge is 0.497 e. The molecule has 0 saturated carbocycles. The molecule has 0 aliphatic carbocycles. The van der Waals surface area contributed by atoms with E-state index in [-0.39, 0.29) is 11.8 Å². The van der Waals surface area contributed by atoms with Crippen LogP contribution < -0.4 is 24.4 Å². The van der Waals surface area contributed by atoms with Crippen LogP contribution in [0.2, 0.25) is 0 Å². The molecule has 30 heavy (non-hydrogen) atoms. The van der Waals surface area contributed by atoms with Crippen LogP contribution in [0.3, 0.4) is 0 Å². The third-order valence-corrected chi connectivity index (χ3v) is 6.39. The van der Waals surface area contributed by atoms with Crippen molar-refractivity contribution in [1.29, 1.82) is 0 Å². The van der Waals surface area contributed by atoms with Gasteiger partial charge in [0.1, 0.15) is 17.2 Å². The van der Waals surface area contributed by atoms with Gasteiger partial charge in [0.05, 0.1) is 43.2 Å². The fourth-order valence-electron chi connectivity index (χ4n) is 3.67. The van der Waals surface area contributed by atoms with Gasteiger partial charge in [-0.05, 0) is 43.2 Å². The number of nitrogens with one attached hydrogen (secondary N) is 1. The van der Waals surface area contributed by atoms with Crippen LogP contribution in [0.15, 0.2) is 36.4 Å². The Morgan fingerprint density at radius 2 is 1.87 bits per heavy atom. The summed E-state index contributed by atoms with van der Waals surface area (Å²) in [5.74, 6) is 1.95. The Balaban J connectivity index is 1.49. The molecule has 2 heterocycles. The number of fused-ring (bicyclic) bond motifs is 1. The number of nitrogens with zero attached hydrogens (tertiary/aromatic N) is 2. The normalized spacial score (nSPS) is 16.4. The van der Waals surface area contributed by atoms with Gasteiger partial charge in [-0.3, -0.25) is 4.79 Å². The average Bonchev–Trinajstić information content (AvgIpc) is 3.22. The molecule has 8 heteroatoms. The van der Waals surface area contributed by atoms with Gasteiger partial charge in [0.2, 0.25) is 5.91 Å². The number of carbonyl (C=O) groups is 1. The van der Waals surface area contributed by atoms with Crippen molar-refractivity contribution in [2.75, 3.05) is 44.6 Å². The molecular formula is C22H25N3O4S. The molecule has 1 N–H and O–H groups in total. The number of piperidine rings is 1. The molecule has 1 aliphatic rings. The molecule has 0 spiro atoms. The first kappa shape index (κ1) is 20.3. The number of anilines is 2. The van der Waals surface area contributed by atoms with Crippen molar-refractivity contribution in [1.82, 2.24) is 4.98 Å². The lowest BCUT2D eigenvalue weighted by Gasteiger charge is -2.31. The van der Waals surface area contributed by atoms with Crippen molar-refractivity contribution in [3.63, 3.8) is 0 Å². The molecule has 1 saturated heterocycles. The maximum atomic E-state index is 13.0. The van der Waals surface area contributed by atoms with Crippen LogP contribution in [0.25, 0.3) is 10.2 Å². The van der Waals surface area contributed by atoms with Gasteiger partial charge in [-0.15, -0.1) is 0 Å². The summed E-state index contributed by atoms with van der Waals surface area (Å²) >= 11 is 1.63. The Morgan fingerprint density at radius 1 is 1.10 bits per heavy atom. The van der Waals surface area contributed by atoms with E-state index in [1.807, 2.05) is 18.2 Å². The van der Waals surface area contributed by atoms with Gasteiger partial charge in [-0.2, -0.15) is 0 Å². The summed E-state index contributed by atoms with van der Waals surface area (Å²) in [4.78, 5) is 20.0. The number of hydrogen-bond acceptors (Lipinski definition) is 7. The minimum Gasteiger partial charge on any atom is -0.497 e. The number of thiazole rings is 1. The molecule has 158 valence electrons. The van der Waals surface area contributed by atoms with Gasteiger partial charge in [-0.25, -0.2) is 4.98 Å². The Bertz CT molecular complexity index is 1050. The molecule has 1 unspecified atom stereocenters. The first-order valence-electron chi connectivity index (χ1n) is 9.83. The predicted molar refractivity (Wildman–Crippen MR) is 119 cm³/mol. The number of amides is 1. The van der Waals surface area contributed by atoms with Gasteiger partial charge in [0.15, 0.2) is 5.13 Å². The minimum atomic E-state index is -0.129. The monoisotopic (exact) mass is 427 g/mol. The van der Waals surface area contributed by atoms with Crippen LogP contribution in [0.5, 0.6) is 17.2 Å². The third-order valence-electron chi connectivity index (χ3n) is 5.31. The molecule has 1 aliphatic heterocycles. The third kappa shape index (κ3) is 4.14. The number of hydrogen-bond donors (Lipinski definition) is 1. The van der Waals surface area contributed by atoms with E-state index in [1.54, 1.807) is 50.9 Å². The Kier molecular flexibility index (Phi) is 5.94. The summed E-state index contributed by atoms with van der Waals surface area (Å²) in [5.41, 5.74) is 1.56. The summed E-state index contributed by atoms with van der Waals surface area (Å²) in [6.07, 6.45) is 1.78. The Hall–Kier alpha value is -3.00. The molecule has 2 aromatic carbocycles. The van der Waals surface area contributed by atoms with Crippen LogP contribution in [0, 0.1) is 5.92 Å². The summed E-state index contributed by atoms with van der Waals surface area (Å²) in [7, 11) is 4.84. The van der Waals surface area contributed by atoms with Crippen molar-refractivity contribution in [3.05, 3.63) is 36.4 Å². The van der Waals surface area contributed by atoms with Crippen molar-refractivity contribution in [2.45, 2.75) is 12.8 Å². The second-order valence-electron chi connectivity index (χ2n) is 7.17. The predicted octanol–water partition coefficient (Wildman–Crippen LogP) is 4.18. The molecule has 1 fully saturated rings. The molecular weight excluding hydrogens is 402 g/mol. The van der Waals surface area contributed by atoms with Crippen LogP contribution >= 0.6 is 11.3 Å². The van der Waals surface area contributed by atoms with E-state index in [0.717, 1.165) is 40.5 Å². The van der Waals surface area contributed by atoms with E-state index in [1.165, 1.54) is 0 Å². The summed E-state index contributed by atoms with van der Waals surface area (Å²) in [6, 6.07) is 11.3. The van der Waals surface area contributed by atoms with E-state index in [2.05, 4.69) is 10.2 Å². The highest BCUT2D eigenvalue weighted by Gasteiger charge is 2.28. The molecule has 1 atom stereocenters. The quantitative estimate of drug-likeness (QED) is 0.636. The molecule has 7 nitrogen and oxygen atoms in total. The number of methoxy groups -OCH3 is 3. The summed E-state index contributed by atoms with van der Waals surface area (Å²) in [5, 5.41) is 3.95. The van der Waals surface area contributed by atoms with Crippen LogP contribution in [0.1, 0.15) is 12.8 Å². The molecule has 1 amide bonds. The molecule has 4 rings (SSSR count). The molecule has 1 aromatic heterocycles. The van der Waals surface area contributed by atoms with Gasteiger partial charge in [0, 0.05) is 19.2 Å². The SMILES string of the molecule is COc1ccc(OC)c(NC(=O)C2CCCN(c3nc4ccc(OC)cc4s3)C2)c1. The van der Waals surface area contributed by atoms with Crippen LogP contribution in [-0.4, -0.2) is 45.3 Å². The fourth-order valence-corrected chi connectivity index (χ4v) is 4.70. The molecule has 3 aromatic rings.